The minimum Gasteiger partial charge on any atom is -0.396 e. The van der Waals surface area contributed by atoms with Crippen LogP contribution >= 0.6 is 0 Å². The first-order chi connectivity index (χ1) is 10.6. The maximum Gasteiger partial charge on any atom is 0.257 e. The number of carbonyl (C=O) groups excluding carboxylic acids is 1. The lowest BCUT2D eigenvalue weighted by Crippen LogP contribution is -2.65. The summed E-state index contributed by atoms with van der Waals surface area (Å²) in [6.07, 6.45) is 4.04. The molecule has 0 bridgehead atoms. The van der Waals surface area contributed by atoms with E-state index in [9.17, 15) is 9.90 Å². The minimum atomic E-state index is -0.720. The molecule has 0 aromatic heterocycles. The smallest absolute Gasteiger partial charge is 0.257 e. The monoisotopic (exact) mass is 324 g/mol. The summed E-state index contributed by atoms with van der Waals surface area (Å²) in [6, 6.07) is 0. The van der Waals surface area contributed by atoms with E-state index in [1.807, 2.05) is 4.90 Å². The van der Waals surface area contributed by atoms with Crippen molar-refractivity contribution in [1.29, 1.82) is 0 Å². The van der Waals surface area contributed by atoms with Crippen LogP contribution in [0.25, 0.3) is 0 Å². The molecule has 1 aliphatic carbocycles. The number of hydrogen-bond donors (Lipinski definition) is 2. The van der Waals surface area contributed by atoms with E-state index in [0.29, 0.717) is 31.7 Å². The second-order valence-corrected chi connectivity index (χ2v) is 9.16. The van der Waals surface area contributed by atoms with Crippen molar-refractivity contribution in [2.45, 2.75) is 89.1 Å². The van der Waals surface area contributed by atoms with Crippen LogP contribution in [0.5, 0.6) is 0 Å². The number of piperidine rings is 1. The maximum absolute atomic E-state index is 13.4. The number of amides is 1. The molecule has 2 atom stereocenters. The Balaban J connectivity index is 1.96. The molecule has 23 heavy (non-hydrogen) atoms. The molecule has 3 fully saturated rings. The van der Waals surface area contributed by atoms with Crippen molar-refractivity contribution in [3.05, 3.63) is 0 Å². The quantitative estimate of drug-likeness (QED) is 0.834. The van der Waals surface area contributed by atoms with Gasteiger partial charge in [-0.3, -0.25) is 4.79 Å². The minimum absolute atomic E-state index is 0.111. The van der Waals surface area contributed by atoms with Gasteiger partial charge in [0.05, 0.1) is 0 Å². The highest BCUT2D eigenvalue weighted by Crippen LogP contribution is 2.56. The summed E-state index contributed by atoms with van der Waals surface area (Å²) in [4.78, 5) is 15.4. The van der Waals surface area contributed by atoms with Crippen LogP contribution in [0.1, 0.15) is 66.7 Å². The van der Waals surface area contributed by atoms with Crippen LogP contribution in [-0.2, 0) is 9.53 Å². The molecule has 1 saturated carbocycles. The zero-order valence-corrected chi connectivity index (χ0v) is 15.2. The highest BCUT2D eigenvalue weighted by molar-refractivity contribution is 5.88. The van der Waals surface area contributed by atoms with Gasteiger partial charge in [0.15, 0.2) is 5.60 Å². The van der Waals surface area contributed by atoms with E-state index in [4.69, 9.17) is 4.74 Å². The Morgan fingerprint density at radius 3 is 2.30 bits per heavy atom. The molecule has 132 valence electrons. The van der Waals surface area contributed by atoms with E-state index in [1.54, 1.807) is 0 Å². The first-order valence-corrected chi connectivity index (χ1v) is 8.98. The first kappa shape index (κ1) is 17.2. The molecule has 0 radical (unpaired) electrons. The third kappa shape index (κ3) is 2.61. The van der Waals surface area contributed by atoms with Gasteiger partial charge in [-0.25, -0.2) is 0 Å². The third-order valence-electron chi connectivity index (χ3n) is 5.84. The molecule has 2 N–H and O–H groups in total. The molecular formula is C18H32N2O3. The molecule has 2 heterocycles. The van der Waals surface area contributed by atoms with Crippen molar-refractivity contribution in [2.24, 2.45) is 5.92 Å². The lowest BCUT2D eigenvalue weighted by Gasteiger charge is -2.52. The number of ether oxygens (including phenoxy) is 1. The summed E-state index contributed by atoms with van der Waals surface area (Å²) in [5.74, 6) is 0.505. The predicted molar refractivity (Wildman–Crippen MR) is 88.9 cm³/mol. The molecule has 5 heteroatoms. The lowest BCUT2D eigenvalue weighted by atomic mass is 9.72. The van der Waals surface area contributed by atoms with E-state index in [2.05, 4.69) is 39.9 Å². The summed E-state index contributed by atoms with van der Waals surface area (Å²) in [5, 5.41) is 12.9. The predicted octanol–water partition coefficient (Wildman–Crippen LogP) is 2.03. The number of aliphatic hydroxyl groups is 1. The summed E-state index contributed by atoms with van der Waals surface area (Å²) in [5.41, 5.74) is -1.44. The van der Waals surface area contributed by atoms with Crippen molar-refractivity contribution < 1.29 is 14.6 Å². The average molecular weight is 324 g/mol. The van der Waals surface area contributed by atoms with Crippen LogP contribution in [0.2, 0.25) is 0 Å². The SMILES string of the molecule is CC1CCC12OC1(CC(C)(C)NC(C)(C)C1)C(=O)N2CCCO. The summed E-state index contributed by atoms with van der Waals surface area (Å²) in [7, 11) is 0. The van der Waals surface area contributed by atoms with Gasteiger partial charge in [0.25, 0.3) is 5.91 Å². The maximum atomic E-state index is 13.4. The molecule has 5 nitrogen and oxygen atoms in total. The topological polar surface area (TPSA) is 61.8 Å². The zero-order valence-electron chi connectivity index (χ0n) is 15.2. The van der Waals surface area contributed by atoms with E-state index in [0.717, 1.165) is 12.8 Å². The Kier molecular flexibility index (Phi) is 3.86. The molecule has 3 rings (SSSR count). The lowest BCUT2D eigenvalue weighted by molar-refractivity contribution is -0.230. The number of rotatable bonds is 3. The fraction of sp³-hybridized carbons (Fsp3) is 0.944. The number of aliphatic hydroxyl groups excluding tert-OH is 1. The fourth-order valence-corrected chi connectivity index (χ4v) is 5.33. The van der Waals surface area contributed by atoms with Gasteiger partial charge < -0.3 is 20.1 Å². The van der Waals surface area contributed by atoms with Crippen LogP contribution in [0, 0.1) is 5.92 Å². The largest absolute Gasteiger partial charge is 0.396 e. The highest BCUT2D eigenvalue weighted by Gasteiger charge is 2.68. The Morgan fingerprint density at radius 2 is 1.87 bits per heavy atom. The van der Waals surface area contributed by atoms with Crippen molar-refractivity contribution in [2.75, 3.05) is 13.2 Å². The van der Waals surface area contributed by atoms with Gasteiger partial charge in [0, 0.05) is 43.0 Å². The second-order valence-electron chi connectivity index (χ2n) is 9.16. The van der Waals surface area contributed by atoms with Crippen LogP contribution in [0.4, 0.5) is 0 Å². The van der Waals surface area contributed by atoms with Crippen molar-refractivity contribution in [1.82, 2.24) is 10.2 Å². The van der Waals surface area contributed by atoms with Gasteiger partial charge in [-0.2, -0.15) is 0 Å². The normalized spacial score (nSPS) is 37.4. The molecule has 0 aromatic rings. The van der Waals surface area contributed by atoms with Crippen LogP contribution in [-0.4, -0.2) is 51.5 Å². The van der Waals surface area contributed by atoms with E-state index >= 15 is 0 Å². The van der Waals surface area contributed by atoms with Crippen molar-refractivity contribution >= 4 is 5.91 Å². The van der Waals surface area contributed by atoms with E-state index in [1.165, 1.54) is 0 Å². The Hall–Kier alpha value is -0.650. The number of nitrogens with zero attached hydrogens (tertiary/aromatic N) is 1. The Bertz CT molecular complexity index is 486. The molecule has 2 spiro atoms. The average Bonchev–Trinajstić information content (AvgIpc) is 2.63. The van der Waals surface area contributed by atoms with Crippen LogP contribution < -0.4 is 5.32 Å². The molecule has 0 aromatic carbocycles. The number of nitrogens with one attached hydrogen (secondary N) is 1. The van der Waals surface area contributed by atoms with Crippen LogP contribution in [0.15, 0.2) is 0 Å². The Labute approximate surface area is 139 Å². The number of hydrogen-bond acceptors (Lipinski definition) is 4. The van der Waals surface area contributed by atoms with Gasteiger partial charge in [-0.15, -0.1) is 0 Å². The van der Waals surface area contributed by atoms with Gasteiger partial charge in [-0.05, 0) is 47.0 Å². The standard InChI is InChI=1S/C18H32N2O3/c1-13-7-8-18(13)20(9-6-10-21)14(22)17(23-18)11-15(2,3)19-16(4,5)12-17/h13,19,21H,6-12H2,1-5H3. The summed E-state index contributed by atoms with van der Waals surface area (Å²) < 4.78 is 6.67. The highest BCUT2D eigenvalue weighted by atomic mass is 16.6. The molecular weight excluding hydrogens is 292 g/mol. The van der Waals surface area contributed by atoms with E-state index in [-0.39, 0.29) is 23.6 Å². The van der Waals surface area contributed by atoms with E-state index < -0.39 is 11.3 Å². The third-order valence-corrected chi connectivity index (χ3v) is 5.84. The number of carbonyl (C=O) groups is 1. The first-order valence-electron chi connectivity index (χ1n) is 8.98. The van der Waals surface area contributed by atoms with Gasteiger partial charge >= 0.3 is 0 Å². The van der Waals surface area contributed by atoms with Gasteiger partial charge in [-0.1, -0.05) is 6.92 Å². The molecule has 3 aliphatic rings. The molecule has 1 amide bonds. The second kappa shape index (κ2) is 5.17. The molecule has 2 unspecified atom stereocenters. The summed E-state index contributed by atoms with van der Waals surface area (Å²) in [6.45, 7) is 11.5. The zero-order chi connectivity index (χ0) is 17.1. The fourth-order valence-electron chi connectivity index (χ4n) is 5.33. The Morgan fingerprint density at radius 1 is 1.26 bits per heavy atom. The van der Waals surface area contributed by atoms with Crippen molar-refractivity contribution in [3.63, 3.8) is 0 Å². The van der Waals surface area contributed by atoms with Crippen LogP contribution in [0.3, 0.4) is 0 Å². The molecule has 2 saturated heterocycles. The van der Waals surface area contributed by atoms with Gasteiger partial charge in [0.1, 0.15) is 5.72 Å². The molecule has 2 aliphatic heterocycles. The van der Waals surface area contributed by atoms with Gasteiger partial charge in [0.2, 0.25) is 0 Å². The summed E-state index contributed by atoms with van der Waals surface area (Å²) >= 11 is 0. The van der Waals surface area contributed by atoms with Crippen molar-refractivity contribution in [3.8, 4) is 0 Å².